The van der Waals surface area contributed by atoms with Crippen molar-refractivity contribution < 1.29 is 9.53 Å². The van der Waals surface area contributed by atoms with Gasteiger partial charge < -0.3 is 4.74 Å². The van der Waals surface area contributed by atoms with E-state index in [0.717, 1.165) is 30.7 Å². The summed E-state index contributed by atoms with van der Waals surface area (Å²) in [6.07, 6.45) is 2.59. The molecule has 0 spiro atoms. The van der Waals surface area contributed by atoms with Crippen LogP contribution in [-0.4, -0.2) is 17.6 Å². The maximum absolute atomic E-state index is 12.0. The van der Waals surface area contributed by atoms with Gasteiger partial charge in [0.15, 0.2) is 0 Å². The molecule has 0 saturated carbocycles. The first-order valence-electron chi connectivity index (χ1n) is 7.29. The number of pyridine rings is 1. The van der Waals surface area contributed by atoms with E-state index in [1.54, 1.807) is 0 Å². The molecule has 0 amide bonds. The lowest BCUT2D eigenvalue weighted by atomic mass is 10.2. The molecule has 0 radical (unpaired) electrons. The third-order valence-corrected chi connectivity index (χ3v) is 4.66. The lowest BCUT2D eigenvalue weighted by Crippen LogP contribution is -2.06. The Kier molecular flexibility index (Phi) is 5.51. The number of ether oxygens (including phenoxy) is 1. The van der Waals surface area contributed by atoms with Gasteiger partial charge in [0.1, 0.15) is 4.88 Å². The monoisotopic (exact) mass is 303 g/mol. The average molecular weight is 303 g/mol. The van der Waals surface area contributed by atoms with Crippen LogP contribution in [0.5, 0.6) is 0 Å². The van der Waals surface area contributed by atoms with E-state index in [0.29, 0.717) is 11.5 Å². The number of thiophene rings is 1. The number of hydrogen-bond donors (Lipinski definition) is 0. The minimum atomic E-state index is -0.208. The highest BCUT2D eigenvalue weighted by atomic mass is 32.1. The Balaban J connectivity index is 1.79. The van der Waals surface area contributed by atoms with Crippen LogP contribution in [-0.2, 0) is 17.6 Å². The van der Waals surface area contributed by atoms with E-state index in [9.17, 15) is 4.79 Å². The van der Waals surface area contributed by atoms with Crippen molar-refractivity contribution in [2.45, 2.75) is 40.0 Å². The standard InChI is InChI=1S/C17H21NO2S/c1-4-15-12(2)11-16(21-15)17(19)20-10-6-9-14-8-5-7-13(3)18-14/h5,7-8,11H,4,6,9-10H2,1-3H3. The smallest absolute Gasteiger partial charge is 0.348 e. The number of hydrogen-bond acceptors (Lipinski definition) is 4. The molecule has 0 aromatic carbocycles. The van der Waals surface area contributed by atoms with Crippen LogP contribution < -0.4 is 0 Å². The molecule has 3 nitrogen and oxygen atoms in total. The molecule has 112 valence electrons. The molecule has 2 rings (SSSR count). The average Bonchev–Trinajstić information content (AvgIpc) is 2.85. The van der Waals surface area contributed by atoms with Crippen LogP contribution in [0.25, 0.3) is 0 Å². The molecule has 2 aromatic heterocycles. The topological polar surface area (TPSA) is 39.2 Å². The fraction of sp³-hybridized carbons (Fsp3) is 0.412. The van der Waals surface area contributed by atoms with E-state index in [1.165, 1.54) is 21.8 Å². The van der Waals surface area contributed by atoms with E-state index in [1.807, 2.05) is 38.1 Å². The van der Waals surface area contributed by atoms with Crippen molar-refractivity contribution in [1.82, 2.24) is 4.98 Å². The number of aromatic nitrogens is 1. The number of carbonyl (C=O) groups excluding carboxylic acids is 1. The van der Waals surface area contributed by atoms with Crippen molar-refractivity contribution in [3.05, 3.63) is 51.0 Å². The van der Waals surface area contributed by atoms with Gasteiger partial charge in [-0.15, -0.1) is 11.3 Å². The minimum Gasteiger partial charge on any atom is -0.461 e. The van der Waals surface area contributed by atoms with Crippen molar-refractivity contribution in [1.29, 1.82) is 0 Å². The largest absolute Gasteiger partial charge is 0.461 e. The van der Waals surface area contributed by atoms with E-state index < -0.39 is 0 Å². The third kappa shape index (κ3) is 4.39. The molecule has 0 N–H and O–H groups in total. The first-order chi connectivity index (χ1) is 10.1. The molecule has 0 saturated heterocycles. The van der Waals surface area contributed by atoms with Gasteiger partial charge in [-0.1, -0.05) is 13.0 Å². The summed E-state index contributed by atoms with van der Waals surface area (Å²) < 4.78 is 5.34. The Morgan fingerprint density at radius 1 is 1.33 bits per heavy atom. The molecule has 4 heteroatoms. The lowest BCUT2D eigenvalue weighted by Gasteiger charge is -2.04. The van der Waals surface area contributed by atoms with Gasteiger partial charge in [0.2, 0.25) is 0 Å². The van der Waals surface area contributed by atoms with E-state index in [2.05, 4.69) is 11.9 Å². The van der Waals surface area contributed by atoms with E-state index in [4.69, 9.17) is 4.74 Å². The van der Waals surface area contributed by atoms with Gasteiger partial charge in [-0.3, -0.25) is 4.98 Å². The quantitative estimate of drug-likeness (QED) is 0.595. The van der Waals surface area contributed by atoms with Gasteiger partial charge in [0, 0.05) is 16.3 Å². The van der Waals surface area contributed by atoms with Gasteiger partial charge in [-0.25, -0.2) is 4.79 Å². The van der Waals surface area contributed by atoms with Crippen molar-refractivity contribution in [3.8, 4) is 0 Å². The molecule has 0 unspecified atom stereocenters. The van der Waals surface area contributed by atoms with Crippen LogP contribution in [0.1, 0.15) is 44.8 Å². The van der Waals surface area contributed by atoms with Crippen LogP contribution in [0.2, 0.25) is 0 Å². The van der Waals surface area contributed by atoms with Gasteiger partial charge >= 0.3 is 5.97 Å². The Labute approximate surface area is 130 Å². The number of aryl methyl sites for hydroxylation is 4. The molecule has 0 fully saturated rings. The maximum Gasteiger partial charge on any atom is 0.348 e. The Morgan fingerprint density at radius 3 is 2.81 bits per heavy atom. The molecule has 0 aliphatic rings. The summed E-state index contributed by atoms with van der Waals surface area (Å²) in [5.74, 6) is -0.208. The summed E-state index contributed by atoms with van der Waals surface area (Å²) in [6, 6.07) is 7.91. The van der Waals surface area contributed by atoms with Crippen molar-refractivity contribution >= 4 is 17.3 Å². The van der Waals surface area contributed by atoms with Crippen molar-refractivity contribution in [3.63, 3.8) is 0 Å². The highest BCUT2D eigenvalue weighted by molar-refractivity contribution is 7.14. The first-order valence-corrected chi connectivity index (χ1v) is 8.10. The molecular formula is C17H21NO2S. The first kappa shape index (κ1) is 15.7. The summed E-state index contributed by atoms with van der Waals surface area (Å²) in [5.41, 5.74) is 3.25. The summed E-state index contributed by atoms with van der Waals surface area (Å²) in [7, 11) is 0. The zero-order valence-corrected chi connectivity index (χ0v) is 13.6. The summed E-state index contributed by atoms with van der Waals surface area (Å²) in [5, 5.41) is 0. The SMILES string of the molecule is CCc1sc(C(=O)OCCCc2cccc(C)n2)cc1C. The van der Waals surface area contributed by atoms with E-state index in [-0.39, 0.29) is 5.97 Å². The second-order valence-electron chi connectivity index (χ2n) is 5.08. The lowest BCUT2D eigenvalue weighted by molar-refractivity contribution is 0.0506. The molecule has 2 aromatic rings. The Bertz CT molecular complexity index is 619. The molecule has 21 heavy (non-hydrogen) atoms. The second kappa shape index (κ2) is 7.36. The van der Waals surface area contributed by atoms with Crippen molar-refractivity contribution in [2.75, 3.05) is 6.61 Å². The number of nitrogens with zero attached hydrogens (tertiary/aromatic N) is 1. The van der Waals surface area contributed by atoms with Crippen LogP contribution >= 0.6 is 11.3 Å². The zero-order valence-electron chi connectivity index (χ0n) is 12.8. The number of rotatable bonds is 6. The Morgan fingerprint density at radius 2 is 2.14 bits per heavy atom. The summed E-state index contributed by atoms with van der Waals surface area (Å²) in [6.45, 7) is 6.55. The molecular weight excluding hydrogens is 282 g/mol. The van der Waals surface area contributed by atoms with Crippen LogP contribution in [0.15, 0.2) is 24.3 Å². The van der Waals surface area contributed by atoms with Crippen LogP contribution in [0, 0.1) is 13.8 Å². The number of carbonyl (C=O) groups is 1. The predicted molar refractivity (Wildman–Crippen MR) is 86.0 cm³/mol. The maximum atomic E-state index is 12.0. The second-order valence-corrected chi connectivity index (χ2v) is 6.22. The van der Waals surface area contributed by atoms with Crippen LogP contribution in [0.3, 0.4) is 0 Å². The van der Waals surface area contributed by atoms with Gasteiger partial charge in [0.05, 0.1) is 6.61 Å². The normalized spacial score (nSPS) is 10.6. The Hall–Kier alpha value is -1.68. The fourth-order valence-corrected chi connectivity index (χ4v) is 3.21. The molecule has 0 atom stereocenters. The number of esters is 1. The highest BCUT2D eigenvalue weighted by Crippen LogP contribution is 2.23. The van der Waals surface area contributed by atoms with Crippen LogP contribution in [0.4, 0.5) is 0 Å². The molecule has 0 bridgehead atoms. The minimum absolute atomic E-state index is 0.208. The third-order valence-electron chi connectivity index (χ3n) is 3.30. The predicted octanol–water partition coefficient (Wildman–Crippen LogP) is 4.11. The van der Waals surface area contributed by atoms with Gasteiger partial charge in [-0.2, -0.15) is 0 Å². The van der Waals surface area contributed by atoms with E-state index >= 15 is 0 Å². The summed E-state index contributed by atoms with van der Waals surface area (Å²) >= 11 is 1.54. The fourth-order valence-electron chi connectivity index (χ4n) is 2.20. The highest BCUT2D eigenvalue weighted by Gasteiger charge is 2.12. The molecule has 0 aliphatic heterocycles. The van der Waals surface area contributed by atoms with Gasteiger partial charge in [0.25, 0.3) is 0 Å². The molecule has 0 aliphatic carbocycles. The van der Waals surface area contributed by atoms with Gasteiger partial charge in [-0.05, 0) is 56.9 Å². The van der Waals surface area contributed by atoms with Crippen molar-refractivity contribution in [2.24, 2.45) is 0 Å². The molecule has 2 heterocycles. The zero-order chi connectivity index (χ0) is 15.2. The summed E-state index contributed by atoms with van der Waals surface area (Å²) in [4.78, 5) is 18.4.